The van der Waals surface area contributed by atoms with Crippen molar-refractivity contribution >= 4 is 27.7 Å². The number of halogens is 1. The quantitative estimate of drug-likeness (QED) is 0.898. The maximum atomic E-state index is 12.1. The maximum Gasteiger partial charge on any atom is 0.252 e. The van der Waals surface area contributed by atoms with Gasteiger partial charge in [0.05, 0.1) is 5.56 Å². The van der Waals surface area contributed by atoms with Gasteiger partial charge in [-0.1, -0.05) is 13.3 Å². The Kier molecular flexibility index (Phi) is 3.90. The minimum absolute atomic E-state index is 0.0873. The van der Waals surface area contributed by atoms with E-state index in [2.05, 4.69) is 33.2 Å². The molecule has 4 nitrogen and oxygen atoms in total. The minimum Gasteiger partial charge on any atom is -0.384 e. The summed E-state index contributed by atoms with van der Waals surface area (Å²) in [4.78, 5) is 16.0. The van der Waals surface area contributed by atoms with Gasteiger partial charge in [-0.3, -0.25) is 4.79 Å². The lowest BCUT2D eigenvalue weighted by Crippen LogP contribution is -2.41. The molecular weight excluding hydrogens is 294 g/mol. The molecule has 98 valence electrons. The van der Waals surface area contributed by atoms with Crippen molar-refractivity contribution in [2.24, 2.45) is 5.41 Å². The first kappa shape index (κ1) is 13.3. The number of amides is 1. The summed E-state index contributed by atoms with van der Waals surface area (Å²) in [6, 6.07) is 1.60. The first-order valence-corrected chi connectivity index (χ1v) is 7.05. The van der Waals surface area contributed by atoms with Gasteiger partial charge in [0.25, 0.3) is 5.91 Å². The molecule has 0 aromatic carbocycles. The Balaban J connectivity index is 2.01. The average molecular weight is 312 g/mol. The van der Waals surface area contributed by atoms with E-state index in [0.29, 0.717) is 21.3 Å². The molecule has 1 heterocycles. The van der Waals surface area contributed by atoms with Crippen molar-refractivity contribution in [3.8, 4) is 0 Å². The highest BCUT2D eigenvalue weighted by atomic mass is 79.9. The molecule has 0 atom stereocenters. The highest BCUT2D eigenvalue weighted by molar-refractivity contribution is 9.10. The van der Waals surface area contributed by atoms with Crippen molar-refractivity contribution in [1.29, 1.82) is 0 Å². The van der Waals surface area contributed by atoms with Crippen molar-refractivity contribution in [3.05, 3.63) is 22.3 Å². The van der Waals surface area contributed by atoms with Crippen LogP contribution in [0.25, 0.3) is 0 Å². The van der Waals surface area contributed by atoms with E-state index in [-0.39, 0.29) is 5.91 Å². The third-order valence-corrected chi connectivity index (χ3v) is 4.54. The maximum absolute atomic E-state index is 12.1. The number of rotatable bonds is 4. The molecule has 1 aromatic rings. The lowest BCUT2D eigenvalue weighted by Gasteiger charge is -2.41. The summed E-state index contributed by atoms with van der Waals surface area (Å²) >= 11 is 3.32. The monoisotopic (exact) mass is 311 g/mol. The molecule has 1 aliphatic rings. The fourth-order valence-electron chi connectivity index (χ4n) is 2.32. The zero-order chi connectivity index (χ0) is 13.2. The number of nitrogen functional groups attached to an aromatic ring is 1. The fourth-order valence-corrected chi connectivity index (χ4v) is 2.72. The van der Waals surface area contributed by atoms with Gasteiger partial charge >= 0.3 is 0 Å². The number of anilines is 1. The highest BCUT2D eigenvalue weighted by Gasteiger charge is 2.35. The third-order valence-electron chi connectivity index (χ3n) is 3.91. The van der Waals surface area contributed by atoms with E-state index in [4.69, 9.17) is 5.73 Å². The van der Waals surface area contributed by atoms with Gasteiger partial charge in [-0.15, -0.1) is 0 Å². The lowest BCUT2D eigenvalue weighted by atomic mass is 9.67. The Bertz CT molecular complexity index is 452. The van der Waals surface area contributed by atoms with Crippen LogP contribution >= 0.6 is 15.9 Å². The van der Waals surface area contributed by atoms with Gasteiger partial charge in [-0.25, -0.2) is 4.98 Å². The molecule has 0 radical (unpaired) electrons. The van der Waals surface area contributed by atoms with Crippen LogP contribution in [0.3, 0.4) is 0 Å². The number of nitrogens with two attached hydrogens (primary N) is 1. The number of nitrogens with zero attached hydrogens (tertiary/aromatic N) is 1. The van der Waals surface area contributed by atoms with E-state index in [1.165, 1.54) is 19.3 Å². The summed E-state index contributed by atoms with van der Waals surface area (Å²) in [7, 11) is 0. The number of carbonyl (C=O) groups is 1. The molecule has 1 amide bonds. The smallest absolute Gasteiger partial charge is 0.252 e. The largest absolute Gasteiger partial charge is 0.384 e. The number of aromatic nitrogens is 1. The molecule has 1 saturated carbocycles. The van der Waals surface area contributed by atoms with Gasteiger partial charge in [0.15, 0.2) is 0 Å². The van der Waals surface area contributed by atoms with Crippen LogP contribution in [0, 0.1) is 5.41 Å². The molecule has 0 saturated heterocycles. The van der Waals surface area contributed by atoms with Crippen molar-refractivity contribution in [1.82, 2.24) is 10.3 Å². The first-order valence-electron chi connectivity index (χ1n) is 6.25. The topological polar surface area (TPSA) is 68.0 Å². The van der Waals surface area contributed by atoms with Gasteiger partial charge in [-0.05, 0) is 46.7 Å². The zero-order valence-electron chi connectivity index (χ0n) is 10.5. The SMILES string of the molecule is CCC1(CNC(=O)c2cc(N)ncc2Br)CCC1. The fraction of sp³-hybridized carbons (Fsp3) is 0.538. The number of pyridine rings is 1. The molecule has 0 aliphatic heterocycles. The average Bonchev–Trinajstić information content (AvgIpc) is 2.31. The van der Waals surface area contributed by atoms with E-state index >= 15 is 0 Å². The summed E-state index contributed by atoms with van der Waals surface area (Å²) in [6.45, 7) is 2.93. The van der Waals surface area contributed by atoms with Crippen molar-refractivity contribution in [3.63, 3.8) is 0 Å². The Morgan fingerprint density at radius 1 is 1.61 bits per heavy atom. The third kappa shape index (κ3) is 2.66. The van der Waals surface area contributed by atoms with Crippen molar-refractivity contribution < 1.29 is 4.79 Å². The number of nitrogens with one attached hydrogen (secondary N) is 1. The second-order valence-corrected chi connectivity index (χ2v) is 5.83. The summed E-state index contributed by atoms with van der Waals surface area (Å²) in [5.41, 5.74) is 6.47. The minimum atomic E-state index is -0.0873. The van der Waals surface area contributed by atoms with E-state index in [9.17, 15) is 4.79 Å². The van der Waals surface area contributed by atoms with E-state index in [0.717, 1.165) is 13.0 Å². The van der Waals surface area contributed by atoms with Crippen LogP contribution in [0.1, 0.15) is 43.0 Å². The molecule has 0 spiro atoms. The Labute approximate surface area is 115 Å². The normalized spacial score (nSPS) is 17.0. The van der Waals surface area contributed by atoms with E-state index in [1.807, 2.05) is 0 Å². The van der Waals surface area contributed by atoms with Crippen molar-refractivity contribution in [2.75, 3.05) is 12.3 Å². The van der Waals surface area contributed by atoms with Crippen LogP contribution in [-0.4, -0.2) is 17.4 Å². The van der Waals surface area contributed by atoms with Gasteiger partial charge < -0.3 is 11.1 Å². The van der Waals surface area contributed by atoms with Crippen LogP contribution in [0.4, 0.5) is 5.82 Å². The van der Waals surface area contributed by atoms with E-state index < -0.39 is 0 Å². The van der Waals surface area contributed by atoms with Crippen LogP contribution in [0.15, 0.2) is 16.7 Å². The number of hydrogen-bond donors (Lipinski definition) is 2. The standard InChI is InChI=1S/C13H18BrN3O/c1-2-13(4-3-5-13)8-17-12(18)9-6-11(15)16-7-10(9)14/h6-7H,2-5,8H2,1H3,(H2,15,16)(H,17,18). The molecular formula is C13H18BrN3O. The molecule has 1 aliphatic carbocycles. The van der Waals surface area contributed by atoms with Crippen LogP contribution in [0.5, 0.6) is 0 Å². The first-order chi connectivity index (χ1) is 8.56. The second-order valence-electron chi connectivity index (χ2n) is 4.98. The van der Waals surface area contributed by atoms with Gasteiger partial charge in [0, 0.05) is 17.2 Å². The number of carbonyl (C=O) groups excluding carboxylic acids is 1. The van der Waals surface area contributed by atoms with Crippen LogP contribution in [0.2, 0.25) is 0 Å². The molecule has 3 N–H and O–H groups in total. The Morgan fingerprint density at radius 2 is 2.33 bits per heavy atom. The summed E-state index contributed by atoms with van der Waals surface area (Å²) < 4.78 is 0.674. The molecule has 2 rings (SSSR count). The molecule has 1 aromatic heterocycles. The van der Waals surface area contributed by atoms with E-state index in [1.54, 1.807) is 12.3 Å². The number of hydrogen-bond acceptors (Lipinski definition) is 3. The summed E-state index contributed by atoms with van der Waals surface area (Å²) in [6.07, 6.45) is 6.37. The Hall–Kier alpha value is -1.10. The van der Waals surface area contributed by atoms with Crippen LogP contribution in [-0.2, 0) is 0 Å². The Morgan fingerprint density at radius 3 is 2.89 bits per heavy atom. The van der Waals surface area contributed by atoms with Crippen molar-refractivity contribution in [2.45, 2.75) is 32.6 Å². The molecule has 1 fully saturated rings. The molecule has 5 heteroatoms. The molecule has 0 unspecified atom stereocenters. The van der Waals surface area contributed by atoms with Gasteiger partial charge in [0.1, 0.15) is 5.82 Å². The zero-order valence-corrected chi connectivity index (χ0v) is 12.1. The lowest BCUT2D eigenvalue weighted by molar-refractivity contribution is 0.0849. The predicted molar refractivity (Wildman–Crippen MR) is 75.3 cm³/mol. The summed E-state index contributed by atoms with van der Waals surface area (Å²) in [5, 5.41) is 3.01. The molecule has 18 heavy (non-hydrogen) atoms. The van der Waals surface area contributed by atoms with Gasteiger partial charge in [0.2, 0.25) is 0 Å². The molecule has 0 bridgehead atoms. The summed E-state index contributed by atoms with van der Waals surface area (Å²) in [5.74, 6) is 0.271. The second kappa shape index (κ2) is 5.26. The predicted octanol–water partition coefficient (Wildman–Crippen LogP) is 2.74. The highest BCUT2D eigenvalue weighted by Crippen LogP contribution is 2.43. The van der Waals surface area contributed by atoms with Crippen LogP contribution < -0.4 is 11.1 Å². The van der Waals surface area contributed by atoms with Gasteiger partial charge in [-0.2, -0.15) is 0 Å².